The molecule has 0 fully saturated rings. The molecule has 0 aliphatic heterocycles. The summed E-state index contributed by atoms with van der Waals surface area (Å²) in [4.78, 5) is 10.8. The first-order valence-electron chi connectivity index (χ1n) is 4.25. The van der Waals surface area contributed by atoms with Gasteiger partial charge in [-0.05, 0) is 18.4 Å². The van der Waals surface area contributed by atoms with Crippen molar-refractivity contribution in [3.8, 4) is 5.75 Å². The number of hydrogen-bond acceptors (Lipinski definition) is 3. The Hall–Kier alpha value is -0.380. The van der Waals surface area contributed by atoms with Crippen LogP contribution in [0.3, 0.4) is 0 Å². The van der Waals surface area contributed by atoms with Crippen molar-refractivity contribution in [2.75, 3.05) is 18.6 Å². The van der Waals surface area contributed by atoms with Crippen LogP contribution < -0.4 is 4.74 Å². The van der Waals surface area contributed by atoms with Crippen molar-refractivity contribution in [3.63, 3.8) is 0 Å². The number of hydrogen-bond donors (Lipinski definition) is 0. The summed E-state index contributed by atoms with van der Waals surface area (Å²) in [5.74, 6) is 1.25. The molecule has 2 nitrogen and oxygen atoms in total. The molecule has 1 aromatic rings. The van der Waals surface area contributed by atoms with E-state index >= 15 is 0 Å². The lowest BCUT2D eigenvalue weighted by atomic mass is 10.2. The smallest absolute Gasteiger partial charge is 0.153 e. The predicted molar refractivity (Wildman–Crippen MR) is 65.7 cm³/mol. The van der Waals surface area contributed by atoms with Crippen LogP contribution in [0.2, 0.25) is 10.0 Å². The minimum Gasteiger partial charge on any atom is -0.490 e. The molecule has 1 aromatic carbocycles. The molecule has 0 saturated heterocycles. The van der Waals surface area contributed by atoms with E-state index in [-0.39, 0.29) is 0 Å². The van der Waals surface area contributed by atoms with E-state index in [1.165, 1.54) is 6.07 Å². The van der Waals surface area contributed by atoms with Crippen LogP contribution >= 0.6 is 35.0 Å². The van der Waals surface area contributed by atoms with Crippen molar-refractivity contribution in [1.29, 1.82) is 0 Å². The van der Waals surface area contributed by atoms with Gasteiger partial charge < -0.3 is 4.74 Å². The van der Waals surface area contributed by atoms with Gasteiger partial charge in [-0.2, -0.15) is 11.8 Å². The fourth-order valence-electron chi connectivity index (χ4n) is 1.05. The van der Waals surface area contributed by atoms with Gasteiger partial charge in [0.05, 0.1) is 17.2 Å². The van der Waals surface area contributed by atoms with Crippen molar-refractivity contribution < 1.29 is 9.53 Å². The van der Waals surface area contributed by atoms with Crippen LogP contribution in [-0.4, -0.2) is 24.9 Å². The van der Waals surface area contributed by atoms with Crippen molar-refractivity contribution in [1.82, 2.24) is 0 Å². The van der Waals surface area contributed by atoms with Gasteiger partial charge in [-0.15, -0.1) is 0 Å². The molecular formula is C10H10Cl2O2S. The normalized spacial score (nSPS) is 10.1. The molecule has 0 aliphatic rings. The molecule has 0 aromatic heterocycles. The molecule has 0 amide bonds. The summed E-state index contributed by atoms with van der Waals surface area (Å²) in [7, 11) is 0. The van der Waals surface area contributed by atoms with Crippen LogP contribution in [0.25, 0.3) is 0 Å². The zero-order valence-electron chi connectivity index (χ0n) is 8.13. The van der Waals surface area contributed by atoms with Crippen LogP contribution in [0.15, 0.2) is 12.1 Å². The SMILES string of the molecule is CSCCOc1c(Cl)cc(Cl)cc1C=O. The molecule has 0 atom stereocenters. The summed E-state index contributed by atoms with van der Waals surface area (Å²) in [6.07, 6.45) is 2.67. The first kappa shape index (κ1) is 12.7. The fraction of sp³-hybridized carbons (Fsp3) is 0.300. The Morgan fingerprint density at radius 3 is 2.80 bits per heavy atom. The maximum atomic E-state index is 10.8. The molecule has 0 unspecified atom stereocenters. The molecule has 15 heavy (non-hydrogen) atoms. The Morgan fingerprint density at radius 2 is 2.20 bits per heavy atom. The molecule has 5 heteroatoms. The average Bonchev–Trinajstić information content (AvgIpc) is 2.20. The van der Waals surface area contributed by atoms with Crippen LogP contribution in [0.1, 0.15) is 10.4 Å². The standard InChI is InChI=1S/C10H10Cl2O2S/c1-15-3-2-14-10-7(6-13)4-8(11)5-9(10)12/h4-6H,2-3H2,1H3. The van der Waals surface area contributed by atoms with Gasteiger partial charge in [0.15, 0.2) is 6.29 Å². The molecule has 0 aliphatic carbocycles. The van der Waals surface area contributed by atoms with Crippen molar-refractivity contribution in [2.45, 2.75) is 0 Å². The van der Waals surface area contributed by atoms with Gasteiger partial charge in [0.1, 0.15) is 5.75 Å². The van der Waals surface area contributed by atoms with Crippen LogP contribution in [0.4, 0.5) is 0 Å². The summed E-state index contributed by atoms with van der Waals surface area (Å²) in [5, 5.41) is 0.796. The van der Waals surface area contributed by atoms with Crippen molar-refractivity contribution in [3.05, 3.63) is 27.7 Å². The topological polar surface area (TPSA) is 26.3 Å². The van der Waals surface area contributed by atoms with E-state index in [1.54, 1.807) is 17.8 Å². The Balaban J connectivity index is 2.89. The van der Waals surface area contributed by atoms with Gasteiger partial charge in [-0.25, -0.2) is 0 Å². The quantitative estimate of drug-likeness (QED) is 0.601. The van der Waals surface area contributed by atoms with Crippen LogP contribution in [0.5, 0.6) is 5.75 Å². The third-order valence-electron chi connectivity index (χ3n) is 1.70. The summed E-state index contributed by atoms with van der Waals surface area (Å²) in [6, 6.07) is 3.10. The van der Waals surface area contributed by atoms with E-state index in [2.05, 4.69) is 0 Å². The fourth-order valence-corrected chi connectivity index (χ4v) is 1.86. The number of carbonyl (C=O) groups excluding carboxylic acids is 1. The highest BCUT2D eigenvalue weighted by molar-refractivity contribution is 7.98. The lowest BCUT2D eigenvalue weighted by Crippen LogP contribution is -2.02. The second-order valence-electron chi connectivity index (χ2n) is 2.77. The third kappa shape index (κ3) is 3.59. The van der Waals surface area contributed by atoms with E-state index in [0.29, 0.717) is 34.3 Å². The Kier molecular flexibility index (Phi) is 5.29. The van der Waals surface area contributed by atoms with E-state index in [4.69, 9.17) is 27.9 Å². The number of halogens is 2. The Labute approximate surface area is 103 Å². The number of ether oxygens (including phenoxy) is 1. The van der Waals surface area contributed by atoms with Crippen molar-refractivity contribution >= 4 is 41.2 Å². The summed E-state index contributed by atoms with van der Waals surface area (Å²) < 4.78 is 5.41. The largest absolute Gasteiger partial charge is 0.490 e. The zero-order chi connectivity index (χ0) is 11.3. The lowest BCUT2D eigenvalue weighted by molar-refractivity contribution is 0.112. The van der Waals surface area contributed by atoms with Gasteiger partial charge in [0.25, 0.3) is 0 Å². The van der Waals surface area contributed by atoms with Crippen LogP contribution in [-0.2, 0) is 0 Å². The predicted octanol–water partition coefficient (Wildman–Crippen LogP) is 3.55. The van der Waals surface area contributed by atoms with E-state index in [1.807, 2.05) is 6.26 Å². The number of carbonyl (C=O) groups is 1. The summed E-state index contributed by atoms with van der Waals surface area (Å²) in [6.45, 7) is 0.517. The molecular weight excluding hydrogens is 255 g/mol. The monoisotopic (exact) mass is 264 g/mol. The van der Waals surface area contributed by atoms with Gasteiger partial charge in [0.2, 0.25) is 0 Å². The highest BCUT2D eigenvalue weighted by atomic mass is 35.5. The van der Waals surface area contributed by atoms with E-state index in [0.717, 1.165) is 5.75 Å². The minimum atomic E-state index is 0.366. The zero-order valence-corrected chi connectivity index (χ0v) is 10.5. The number of aldehydes is 1. The first-order valence-corrected chi connectivity index (χ1v) is 6.40. The highest BCUT2D eigenvalue weighted by Crippen LogP contribution is 2.31. The summed E-state index contributed by atoms with van der Waals surface area (Å²) in [5.41, 5.74) is 0.383. The lowest BCUT2D eigenvalue weighted by Gasteiger charge is -2.09. The molecule has 0 N–H and O–H groups in total. The number of benzene rings is 1. The second kappa shape index (κ2) is 6.26. The van der Waals surface area contributed by atoms with E-state index in [9.17, 15) is 4.79 Å². The highest BCUT2D eigenvalue weighted by Gasteiger charge is 2.09. The van der Waals surface area contributed by atoms with Gasteiger partial charge >= 0.3 is 0 Å². The summed E-state index contributed by atoms with van der Waals surface area (Å²) >= 11 is 13.3. The van der Waals surface area contributed by atoms with Crippen molar-refractivity contribution in [2.24, 2.45) is 0 Å². The average molecular weight is 265 g/mol. The maximum absolute atomic E-state index is 10.8. The first-order chi connectivity index (χ1) is 7.19. The Morgan fingerprint density at radius 1 is 1.47 bits per heavy atom. The number of thioether (sulfide) groups is 1. The van der Waals surface area contributed by atoms with Gasteiger partial charge in [-0.3, -0.25) is 4.79 Å². The molecule has 0 radical (unpaired) electrons. The minimum absolute atomic E-state index is 0.366. The van der Waals surface area contributed by atoms with Crippen LogP contribution in [0, 0.1) is 0 Å². The Bertz CT molecular complexity index is 356. The van der Waals surface area contributed by atoms with Gasteiger partial charge in [-0.1, -0.05) is 23.2 Å². The maximum Gasteiger partial charge on any atom is 0.153 e. The molecule has 0 bridgehead atoms. The number of rotatable bonds is 5. The molecule has 0 saturated carbocycles. The molecule has 0 heterocycles. The molecule has 0 spiro atoms. The van der Waals surface area contributed by atoms with E-state index < -0.39 is 0 Å². The molecule has 1 rings (SSSR count). The van der Waals surface area contributed by atoms with Gasteiger partial charge in [0, 0.05) is 10.8 Å². The molecule has 82 valence electrons. The third-order valence-corrected chi connectivity index (χ3v) is 2.77. The second-order valence-corrected chi connectivity index (χ2v) is 4.59.